The first kappa shape index (κ1) is 17.3. The highest BCUT2D eigenvalue weighted by Gasteiger charge is 2.17. The predicted octanol–water partition coefficient (Wildman–Crippen LogP) is 3.52. The van der Waals surface area contributed by atoms with E-state index in [1.165, 1.54) is 0 Å². The van der Waals surface area contributed by atoms with E-state index in [1.807, 2.05) is 19.1 Å². The Hall–Kier alpha value is -1.56. The maximum absolute atomic E-state index is 12.0. The number of nitrogens with zero attached hydrogens (tertiary/aromatic N) is 1. The third-order valence-corrected chi connectivity index (χ3v) is 4.47. The molecule has 0 saturated carbocycles. The minimum Gasteiger partial charge on any atom is -0.480 e. The molecule has 2 heterocycles. The zero-order chi connectivity index (χ0) is 17.1. The molecule has 1 amide bonds. The van der Waals surface area contributed by atoms with Crippen LogP contribution in [0.4, 0.5) is 0 Å². The molecule has 0 bridgehead atoms. The van der Waals surface area contributed by atoms with Crippen LogP contribution in [-0.2, 0) is 9.53 Å². The van der Waals surface area contributed by atoms with Gasteiger partial charge in [0.15, 0.2) is 12.4 Å². The van der Waals surface area contributed by atoms with E-state index >= 15 is 0 Å². The molecule has 2 aromatic rings. The van der Waals surface area contributed by atoms with E-state index < -0.39 is 0 Å². The molecule has 1 N–H and O–H groups in total. The molecule has 5 nitrogen and oxygen atoms in total. The molecular formula is C17H18Cl2N2O3. The number of nitrogens with one attached hydrogen (secondary N) is 1. The zero-order valence-electron chi connectivity index (χ0n) is 13.3. The van der Waals surface area contributed by atoms with Gasteiger partial charge in [-0.05, 0) is 38.0 Å². The van der Waals surface area contributed by atoms with E-state index in [4.69, 9.17) is 32.7 Å². The summed E-state index contributed by atoms with van der Waals surface area (Å²) in [4.78, 5) is 16.4. The number of carbonyl (C=O) groups excluding carboxylic acids is 1. The van der Waals surface area contributed by atoms with Crippen molar-refractivity contribution < 1.29 is 14.3 Å². The molecule has 1 aromatic carbocycles. The fraction of sp³-hybridized carbons (Fsp3) is 0.412. The Balaban J connectivity index is 1.70. The molecule has 1 aliphatic rings. The maximum atomic E-state index is 12.0. The van der Waals surface area contributed by atoms with E-state index in [0.29, 0.717) is 27.9 Å². The van der Waals surface area contributed by atoms with Gasteiger partial charge in [0.1, 0.15) is 5.52 Å². The Labute approximate surface area is 150 Å². The molecule has 1 atom stereocenters. The van der Waals surface area contributed by atoms with Crippen LogP contribution in [0.3, 0.4) is 0 Å². The number of hydrogen-bond donors (Lipinski definition) is 1. The summed E-state index contributed by atoms with van der Waals surface area (Å²) in [5.74, 6) is 0.143. The lowest BCUT2D eigenvalue weighted by atomic mass is 10.2. The minimum atomic E-state index is -0.225. The van der Waals surface area contributed by atoms with Crippen LogP contribution in [0.15, 0.2) is 18.2 Å². The van der Waals surface area contributed by atoms with Gasteiger partial charge < -0.3 is 14.8 Å². The first-order valence-corrected chi connectivity index (χ1v) is 8.56. The maximum Gasteiger partial charge on any atom is 0.258 e. The van der Waals surface area contributed by atoms with Gasteiger partial charge in [-0.25, -0.2) is 4.98 Å². The second-order valence-electron chi connectivity index (χ2n) is 5.75. The van der Waals surface area contributed by atoms with E-state index in [9.17, 15) is 4.79 Å². The molecule has 0 aliphatic carbocycles. The summed E-state index contributed by atoms with van der Waals surface area (Å²) in [6, 6.07) is 5.32. The van der Waals surface area contributed by atoms with Gasteiger partial charge in [0.25, 0.3) is 5.91 Å². The molecule has 24 heavy (non-hydrogen) atoms. The lowest BCUT2D eigenvalue weighted by Crippen LogP contribution is -2.35. The summed E-state index contributed by atoms with van der Waals surface area (Å²) < 4.78 is 11.1. The number of amides is 1. The normalized spacial score (nSPS) is 17.2. The summed E-state index contributed by atoms with van der Waals surface area (Å²) in [7, 11) is 0. The molecule has 128 valence electrons. The summed E-state index contributed by atoms with van der Waals surface area (Å²) in [5, 5.41) is 4.37. The van der Waals surface area contributed by atoms with Crippen molar-refractivity contribution in [2.24, 2.45) is 0 Å². The molecule has 7 heteroatoms. The average Bonchev–Trinajstić information content (AvgIpc) is 3.05. The van der Waals surface area contributed by atoms with Crippen molar-refractivity contribution in [3.8, 4) is 5.75 Å². The van der Waals surface area contributed by atoms with Crippen LogP contribution in [0, 0.1) is 6.92 Å². The van der Waals surface area contributed by atoms with Crippen LogP contribution in [0.2, 0.25) is 10.0 Å². The third-order valence-electron chi connectivity index (χ3n) is 3.88. The summed E-state index contributed by atoms with van der Waals surface area (Å²) >= 11 is 12.4. The molecule has 1 saturated heterocycles. The Bertz CT molecular complexity index is 761. The Morgan fingerprint density at radius 3 is 3.00 bits per heavy atom. The van der Waals surface area contributed by atoms with Crippen molar-refractivity contribution in [2.75, 3.05) is 19.8 Å². The first-order valence-electron chi connectivity index (χ1n) is 7.81. The molecule has 0 spiro atoms. The van der Waals surface area contributed by atoms with E-state index in [1.54, 1.807) is 6.07 Å². The Morgan fingerprint density at radius 1 is 1.42 bits per heavy atom. The van der Waals surface area contributed by atoms with Crippen molar-refractivity contribution in [3.63, 3.8) is 0 Å². The highest BCUT2D eigenvalue weighted by molar-refractivity contribution is 6.39. The van der Waals surface area contributed by atoms with Gasteiger partial charge in [-0.1, -0.05) is 23.2 Å². The lowest BCUT2D eigenvalue weighted by Gasteiger charge is -2.14. The topological polar surface area (TPSA) is 60.5 Å². The molecular weight excluding hydrogens is 351 g/mol. The Morgan fingerprint density at radius 2 is 2.25 bits per heavy atom. The number of halogens is 2. The monoisotopic (exact) mass is 368 g/mol. The van der Waals surface area contributed by atoms with Gasteiger partial charge in [0.2, 0.25) is 0 Å². The van der Waals surface area contributed by atoms with Crippen molar-refractivity contribution >= 4 is 40.0 Å². The van der Waals surface area contributed by atoms with Gasteiger partial charge in [-0.3, -0.25) is 4.79 Å². The van der Waals surface area contributed by atoms with Crippen LogP contribution in [0.5, 0.6) is 5.75 Å². The number of rotatable bonds is 5. The second kappa shape index (κ2) is 7.55. The molecule has 3 rings (SSSR count). The molecule has 0 unspecified atom stereocenters. The number of fused-ring (bicyclic) bond motifs is 1. The number of pyridine rings is 1. The fourth-order valence-electron chi connectivity index (χ4n) is 2.65. The summed E-state index contributed by atoms with van der Waals surface area (Å²) in [5.41, 5.74) is 1.37. The minimum absolute atomic E-state index is 0.0956. The highest BCUT2D eigenvalue weighted by Crippen LogP contribution is 2.37. The van der Waals surface area contributed by atoms with Gasteiger partial charge in [0.05, 0.1) is 16.1 Å². The quantitative estimate of drug-likeness (QED) is 0.876. The predicted molar refractivity (Wildman–Crippen MR) is 94.0 cm³/mol. The van der Waals surface area contributed by atoms with Gasteiger partial charge in [-0.15, -0.1) is 0 Å². The average molecular weight is 369 g/mol. The van der Waals surface area contributed by atoms with Crippen molar-refractivity contribution in [2.45, 2.75) is 25.9 Å². The fourth-order valence-corrected chi connectivity index (χ4v) is 3.22. The highest BCUT2D eigenvalue weighted by atomic mass is 35.5. The zero-order valence-corrected chi connectivity index (χ0v) is 14.8. The SMILES string of the molecule is Cc1ccc2c(Cl)cc(Cl)c(OCC(=O)NC[C@H]3CCCO3)c2n1. The van der Waals surface area contributed by atoms with Crippen LogP contribution in [0.25, 0.3) is 10.9 Å². The third kappa shape index (κ3) is 3.91. The van der Waals surface area contributed by atoms with Crippen LogP contribution in [0.1, 0.15) is 18.5 Å². The van der Waals surface area contributed by atoms with Crippen LogP contribution >= 0.6 is 23.2 Å². The number of hydrogen-bond acceptors (Lipinski definition) is 4. The van der Waals surface area contributed by atoms with Gasteiger partial charge in [0, 0.05) is 24.2 Å². The standard InChI is InChI=1S/C17H18Cl2N2O3/c1-10-4-5-12-13(18)7-14(19)17(16(12)21-10)24-9-15(22)20-8-11-3-2-6-23-11/h4-5,7,11H,2-3,6,8-9H2,1H3,(H,20,22)/t11-/m1/s1. The van der Waals surface area contributed by atoms with E-state index in [0.717, 1.165) is 30.5 Å². The van der Waals surface area contributed by atoms with Crippen molar-refractivity contribution in [3.05, 3.63) is 33.9 Å². The van der Waals surface area contributed by atoms with E-state index in [-0.39, 0.29) is 18.6 Å². The summed E-state index contributed by atoms with van der Waals surface area (Å²) in [6.45, 7) is 2.98. The number of benzene rings is 1. The smallest absolute Gasteiger partial charge is 0.258 e. The van der Waals surface area contributed by atoms with Gasteiger partial charge >= 0.3 is 0 Å². The van der Waals surface area contributed by atoms with Gasteiger partial charge in [-0.2, -0.15) is 0 Å². The van der Waals surface area contributed by atoms with Crippen LogP contribution < -0.4 is 10.1 Å². The van der Waals surface area contributed by atoms with Crippen molar-refractivity contribution in [1.29, 1.82) is 0 Å². The number of aryl methyl sites for hydroxylation is 1. The van der Waals surface area contributed by atoms with Crippen molar-refractivity contribution in [1.82, 2.24) is 10.3 Å². The molecule has 1 aliphatic heterocycles. The number of aromatic nitrogens is 1. The second-order valence-corrected chi connectivity index (χ2v) is 6.56. The summed E-state index contributed by atoms with van der Waals surface area (Å²) in [6.07, 6.45) is 2.10. The molecule has 1 fully saturated rings. The number of carbonyl (C=O) groups is 1. The Kier molecular flexibility index (Phi) is 5.43. The largest absolute Gasteiger partial charge is 0.480 e. The molecule has 1 aromatic heterocycles. The first-order chi connectivity index (χ1) is 11.5. The van der Waals surface area contributed by atoms with Crippen LogP contribution in [-0.4, -0.2) is 36.8 Å². The molecule has 0 radical (unpaired) electrons. The lowest BCUT2D eigenvalue weighted by molar-refractivity contribution is -0.123. The van der Waals surface area contributed by atoms with E-state index in [2.05, 4.69) is 10.3 Å². The number of ether oxygens (including phenoxy) is 2.